The molecule has 21 heavy (non-hydrogen) atoms. The van der Waals surface area contributed by atoms with E-state index in [0.717, 1.165) is 12.5 Å². The summed E-state index contributed by atoms with van der Waals surface area (Å²) >= 11 is 0. The summed E-state index contributed by atoms with van der Waals surface area (Å²) in [5, 5.41) is 0. The maximum Gasteiger partial charge on any atom is 0.0359 e. The molecule has 0 aromatic heterocycles. The van der Waals surface area contributed by atoms with Crippen LogP contribution >= 0.6 is 0 Å². The van der Waals surface area contributed by atoms with E-state index in [1.165, 1.54) is 44.3 Å². The van der Waals surface area contributed by atoms with Crippen molar-refractivity contribution in [1.29, 1.82) is 0 Å². The predicted octanol–water partition coefficient (Wildman–Crippen LogP) is 3.63. The molecular formula is C19H30N2. The first-order chi connectivity index (χ1) is 10.2. The third kappa shape index (κ3) is 2.64. The summed E-state index contributed by atoms with van der Waals surface area (Å²) in [6.45, 7) is 8.08. The fourth-order valence-corrected chi connectivity index (χ4v) is 4.76. The number of rotatable bonds is 3. The van der Waals surface area contributed by atoms with Crippen molar-refractivity contribution in [2.45, 2.75) is 51.0 Å². The minimum atomic E-state index is 0.251. The van der Waals surface area contributed by atoms with Crippen LogP contribution in [0.5, 0.6) is 0 Å². The minimum Gasteiger partial charge on any atom is -0.329 e. The number of hydrogen-bond donors (Lipinski definition) is 1. The lowest BCUT2D eigenvalue weighted by molar-refractivity contribution is 0.00396. The summed E-state index contributed by atoms with van der Waals surface area (Å²) in [5.41, 5.74) is 8.07. The largest absolute Gasteiger partial charge is 0.329 e. The van der Waals surface area contributed by atoms with Gasteiger partial charge in [-0.3, -0.25) is 4.90 Å². The van der Waals surface area contributed by atoms with Crippen LogP contribution in [-0.4, -0.2) is 30.1 Å². The van der Waals surface area contributed by atoms with Crippen molar-refractivity contribution in [1.82, 2.24) is 4.90 Å². The van der Waals surface area contributed by atoms with E-state index in [1.54, 1.807) is 0 Å². The molecule has 3 rings (SSSR count). The summed E-state index contributed by atoms with van der Waals surface area (Å²) in [6.07, 6.45) is 5.29. The van der Waals surface area contributed by atoms with E-state index in [2.05, 4.69) is 49.1 Å². The summed E-state index contributed by atoms with van der Waals surface area (Å²) in [4.78, 5) is 2.74. The second kappa shape index (κ2) is 6.10. The molecule has 116 valence electrons. The molecular weight excluding hydrogens is 256 g/mol. The second-order valence-corrected chi connectivity index (χ2v) is 7.31. The first kappa shape index (κ1) is 15.1. The quantitative estimate of drug-likeness (QED) is 0.919. The first-order valence-corrected chi connectivity index (χ1v) is 8.67. The van der Waals surface area contributed by atoms with Crippen LogP contribution in [-0.2, 0) is 0 Å². The van der Waals surface area contributed by atoms with Crippen LogP contribution in [0.15, 0.2) is 30.3 Å². The monoisotopic (exact) mass is 286 g/mol. The van der Waals surface area contributed by atoms with Crippen LogP contribution in [0.2, 0.25) is 0 Å². The number of nitrogens with zero attached hydrogens (tertiary/aromatic N) is 1. The van der Waals surface area contributed by atoms with E-state index in [4.69, 9.17) is 5.73 Å². The molecule has 2 heteroatoms. The van der Waals surface area contributed by atoms with Crippen LogP contribution in [0.4, 0.5) is 0 Å². The van der Waals surface area contributed by atoms with Gasteiger partial charge >= 0.3 is 0 Å². The van der Waals surface area contributed by atoms with Gasteiger partial charge in [0.05, 0.1) is 0 Å². The highest BCUT2D eigenvalue weighted by molar-refractivity contribution is 5.22. The number of likely N-dealkylation sites (tertiary alicyclic amines) is 1. The number of nitrogens with two attached hydrogens (primary N) is 1. The molecule has 2 aliphatic rings. The molecule has 1 heterocycles. The zero-order valence-electron chi connectivity index (χ0n) is 13.6. The standard InChI is InChI=1S/C19H30N2/c1-15-7-6-11-19(14-20,16(15)2)21-12-10-18(13-21)17-8-4-3-5-9-17/h3-5,8-9,15-16,18H,6-7,10-14,20H2,1-2H3. The Labute approximate surface area is 129 Å². The van der Waals surface area contributed by atoms with Crippen molar-refractivity contribution >= 4 is 0 Å². The lowest BCUT2D eigenvalue weighted by Crippen LogP contribution is -2.60. The fraction of sp³-hybridized carbons (Fsp3) is 0.684. The van der Waals surface area contributed by atoms with Crippen LogP contribution < -0.4 is 5.73 Å². The van der Waals surface area contributed by atoms with Crippen LogP contribution in [0.1, 0.15) is 51.0 Å². The van der Waals surface area contributed by atoms with Crippen molar-refractivity contribution in [2.24, 2.45) is 17.6 Å². The molecule has 4 atom stereocenters. The summed E-state index contributed by atoms with van der Waals surface area (Å²) in [6, 6.07) is 11.0. The molecule has 1 aliphatic heterocycles. The molecule has 4 unspecified atom stereocenters. The van der Waals surface area contributed by atoms with Crippen molar-refractivity contribution in [2.75, 3.05) is 19.6 Å². The summed E-state index contributed by atoms with van der Waals surface area (Å²) in [5.74, 6) is 2.21. The smallest absolute Gasteiger partial charge is 0.0359 e. The average Bonchev–Trinajstić information content (AvgIpc) is 3.01. The van der Waals surface area contributed by atoms with Crippen molar-refractivity contribution < 1.29 is 0 Å². The molecule has 2 nitrogen and oxygen atoms in total. The third-order valence-electron chi connectivity index (χ3n) is 6.41. The molecule has 0 radical (unpaired) electrons. The molecule has 1 aliphatic carbocycles. The third-order valence-corrected chi connectivity index (χ3v) is 6.41. The zero-order chi connectivity index (χ0) is 14.9. The van der Waals surface area contributed by atoms with Gasteiger partial charge in [0.15, 0.2) is 0 Å². The normalized spacial score (nSPS) is 37.8. The van der Waals surface area contributed by atoms with Gasteiger partial charge < -0.3 is 5.73 Å². The predicted molar refractivity (Wildman–Crippen MR) is 89.3 cm³/mol. The highest BCUT2D eigenvalue weighted by atomic mass is 15.2. The lowest BCUT2D eigenvalue weighted by Gasteiger charge is -2.51. The molecule has 2 fully saturated rings. The zero-order valence-corrected chi connectivity index (χ0v) is 13.6. The second-order valence-electron chi connectivity index (χ2n) is 7.31. The van der Waals surface area contributed by atoms with E-state index >= 15 is 0 Å². The van der Waals surface area contributed by atoms with Gasteiger partial charge in [0.1, 0.15) is 0 Å². The Bertz CT molecular complexity index is 458. The SMILES string of the molecule is CC1CCCC(CN)(N2CCC(c3ccccc3)C2)C1C. The molecule has 2 N–H and O–H groups in total. The molecule has 0 bridgehead atoms. The Balaban J connectivity index is 1.77. The van der Waals surface area contributed by atoms with E-state index < -0.39 is 0 Å². The Morgan fingerprint density at radius 3 is 2.67 bits per heavy atom. The van der Waals surface area contributed by atoms with Gasteiger partial charge in [-0.05, 0) is 42.7 Å². The van der Waals surface area contributed by atoms with Crippen LogP contribution in [0, 0.1) is 11.8 Å². The Kier molecular flexibility index (Phi) is 4.37. The van der Waals surface area contributed by atoms with Crippen LogP contribution in [0.3, 0.4) is 0 Å². The van der Waals surface area contributed by atoms with Gasteiger partial charge in [-0.2, -0.15) is 0 Å². The molecule has 0 amide bonds. The van der Waals surface area contributed by atoms with Gasteiger partial charge in [0, 0.05) is 18.6 Å². The van der Waals surface area contributed by atoms with Gasteiger partial charge in [0.25, 0.3) is 0 Å². The summed E-state index contributed by atoms with van der Waals surface area (Å²) < 4.78 is 0. The molecule has 1 aromatic carbocycles. The molecule has 1 saturated heterocycles. The molecule has 0 spiro atoms. The van der Waals surface area contributed by atoms with Gasteiger partial charge in [-0.25, -0.2) is 0 Å². The van der Waals surface area contributed by atoms with E-state index in [9.17, 15) is 0 Å². The van der Waals surface area contributed by atoms with E-state index in [1.807, 2.05) is 0 Å². The Morgan fingerprint density at radius 2 is 1.95 bits per heavy atom. The average molecular weight is 286 g/mol. The highest BCUT2D eigenvalue weighted by Gasteiger charge is 2.46. The van der Waals surface area contributed by atoms with E-state index in [-0.39, 0.29) is 5.54 Å². The Morgan fingerprint density at radius 1 is 1.19 bits per heavy atom. The topological polar surface area (TPSA) is 29.3 Å². The van der Waals surface area contributed by atoms with Gasteiger partial charge in [-0.15, -0.1) is 0 Å². The maximum absolute atomic E-state index is 6.31. The highest BCUT2D eigenvalue weighted by Crippen LogP contribution is 2.44. The number of benzene rings is 1. The minimum absolute atomic E-state index is 0.251. The van der Waals surface area contributed by atoms with Gasteiger partial charge in [0.2, 0.25) is 0 Å². The number of hydrogen-bond acceptors (Lipinski definition) is 2. The summed E-state index contributed by atoms with van der Waals surface area (Å²) in [7, 11) is 0. The maximum atomic E-state index is 6.31. The molecule has 1 saturated carbocycles. The van der Waals surface area contributed by atoms with Crippen molar-refractivity contribution in [3.05, 3.63) is 35.9 Å². The van der Waals surface area contributed by atoms with Crippen LogP contribution in [0.25, 0.3) is 0 Å². The van der Waals surface area contributed by atoms with E-state index in [0.29, 0.717) is 11.8 Å². The van der Waals surface area contributed by atoms with Gasteiger partial charge in [-0.1, -0.05) is 57.0 Å². The lowest BCUT2D eigenvalue weighted by atomic mass is 9.67. The Hall–Kier alpha value is -0.860. The van der Waals surface area contributed by atoms with Crippen molar-refractivity contribution in [3.63, 3.8) is 0 Å². The first-order valence-electron chi connectivity index (χ1n) is 8.67. The fourth-order valence-electron chi connectivity index (χ4n) is 4.76. The molecule has 1 aromatic rings. The van der Waals surface area contributed by atoms with Crippen molar-refractivity contribution in [3.8, 4) is 0 Å².